The van der Waals surface area contributed by atoms with Gasteiger partial charge in [0, 0.05) is 11.7 Å². The number of amides is 3. The van der Waals surface area contributed by atoms with E-state index >= 15 is 0 Å². The maximum atomic E-state index is 14.1. The summed E-state index contributed by atoms with van der Waals surface area (Å²) in [7, 11) is 0. The van der Waals surface area contributed by atoms with E-state index in [4.69, 9.17) is 4.74 Å². The Labute approximate surface area is 230 Å². The molecule has 2 N–H and O–H groups in total. The predicted octanol–water partition coefficient (Wildman–Crippen LogP) is 6.43. The predicted molar refractivity (Wildman–Crippen MR) is 155 cm³/mol. The summed E-state index contributed by atoms with van der Waals surface area (Å²) < 4.78 is 5.38. The third-order valence-corrected chi connectivity index (χ3v) is 7.10. The molecule has 39 heavy (non-hydrogen) atoms. The minimum absolute atomic E-state index is 0.104. The first-order valence-electron chi connectivity index (χ1n) is 13.6. The molecule has 0 bridgehead atoms. The quantitative estimate of drug-likeness (QED) is 0.369. The molecule has 3 amide bonds. The molecule has 1 aliphatic rings. The smallest absolute Gasteiger partial charge is 0.408 e. The van der Waals surface area contributed by atoms with E-state index in [1.807, 2.05) is 74.5 Å². The number of hydrogen-bond donors (Lipinski definition) is 2. The number of nitrogens with zero attached hydrogens (tertiary/aromatic N) is 1. The Bertz CT molecular complexity index is 1370. The van der Waals surface area contributed by atoms with Crippen molar-refractivity contribution in [3.8, 4) is 0 Å². The number of ether oxygens (including phenoxy) is 1. The largest absolute Gasteiger partial charge is 0.444 e. The molecule has 2 unspecified atom stereocenters. The number of benzene rings is 3. The van der Waals surface area contributed by atoms with Crippen molar-refractivity contribution in [1.29, 1.82) is 0 Å². The zero-order valence-corrected chi connectivity index (χ0v) is 23.7. The number of carbonyl (C=O) groups is 3. The maximum Gasteiger partial charge on any atom is 0.408 e. The lowest BCUT2D eigenvalue weighted by Gasteiger charge is -2.43. The molecular weight excluding hydrogens is 490 g/mol. The maximum absolute atomic E-state index is 14.1. The lowest BCUT2D eigenvalue weighted by Crippen LogP contribution is -2.56. The lowest BCUT2D eigenvalue weighted by atomic mass is 9.87. The van der Waals surface area contributed by atoms with E-state index in [9.17, 15) is 14.4 Å². The number of aryl methyl sites for hydroxylation is 2. The number of hydrogen-bond acceptors (Lipinski definition) is 4. The normalized spacial score (nSPS) is 15.1. The SMILES string of the molecule is Cc1ccc(C)c(C(C(=O)Nc2ccc3ccccc3c2)N(C(=O)C(C)NC(=O)OC(C)(C)C)C2CCC2)c1. The molecule has 0 aliphatic heterocycles. The molecule has 3 aromatic carbocycles. The van der Waals surface area contributed by atoms with Crippen LogP contribution in [0.25, 0.3) is 10.8 Å². The van der Waals surface area contributed by atoms with E-state index in [2.05, 4.69) is 10.6 Å². The summed E-state index contributed by atoms with van der Waals surface area (Å²) in [6, 6.07) is 17.9. The van der Waals surface area contributed by atoms with Crippen molar-refractivity contribution in [2.24, 2.45) is 0 Å². The monoisotopic (exact) mass is 529 g/mol. The zero-order valence-electron chi connectivity index (χ0n) is 23.7. The van der Waals surface area contributed by atoms with Crippen LogP contribution in [0.3, 0.4) is 0 Å². The van der Waals surface area contributed by atoms with Crippen LogP contribution < -0.4 is 10.6 Å². The standard InChI is InChI=1S/C32H39N3O4/c1-20-14-15-21(2)27(18-20)28(29(36)34-25-17-16-23-10-7-8-11-24(23)19-25)35(26-12-9-13-26)30(37)22(3)33-31(38)39-32(4,5)6/h7-8,10-11,14-19,22,26,28H,9,12-13H2,1-6H3,(H,33,38)(H,34,36). The Balaban J connectivity index is 1.70. The highest BCUT2D eigenvalue weighted by atomic mass is 16.6. The van der Waals surface area contributed by atoms with E-state index in [1.165, 1.54) is 0 Å². The second-order valence-electron chi connectivity index (χ2n) is 11.5. The van der Waals surface area contributed by atoms with Crippen LogP contribution in [-0.2, 0) is 14.3 Å². The van der Waals surface area contributed by atoms with Gasteiger partial charge in [0.25, 0.3) is 5.91 Å². The van der Waals surface area contributed by atoms with Gasteiger partial charge in [-0.25, -0.2) is 4.79 Å². The molecule has 0 saturated heterocycles. The Morgan fingerprint density at radius 2 is 1.64 bits per heavy atom. The fourth-order valence-electron chi connectivity index (χ4n) is 4.90. The van der Waals surface area contributed by atoms with E-state index in [-0.39, 0.29) is 17.9 Å². The van der Waals surface area contributed by atoms with E-state index in [0.717, 1.165) is 46.7 Å². The second-order valence-corrected chi connectivity index (χ2v) is 11.5. The van der Waals surface area contributed by atoms with Gasteiger partial charge in [0.15, 0.2) is 0 Å². The van der Waals surface area contributed by atoms with Gasteiger partial charge in [-0.1, -0.05) is 54.1 Å². The van der Waals surface area contributed by atoms with Gasteiger partial charge in [-0.2, -0.15) is 0 Å². The van der Waals surface area contributed by atoms with Crippen molar-refractivity contribution >= 4 is 34.4 Å². The molecule has 206 valence electrons. The molecule has 7 nitrogen and oxygen atoms in total. The third-order valence-electron chi connectivity index (χ3n) is 7.10. The van der Waals surface area contributed by atoms with Crippen LogP contribution in [0.1, 0.15) is 69.7 Å². The summed E-state index contributed by atoms with van der Waals surface area (Å²) in [5.74, 6) is -0.603. The Morgan fingerprint density at radius 3 is 2.28 bits per heavy atom. The molecule has 0 radical (unpaired) electrons. The highest BCUT2D eigenvalue weighted by Gasteiger charge is 2.41. The molecule has 3 aromatic rings. The van der Waals surface area contributed by atoms with Crippen LogP contribution in [0.15, 0.2) is 60.7 Å². The average molecular weight is 530 g/mol. The Morgan fingerprint density at radius 1 is 0.949 bits per heavy atom. The van der Waals surface area contributed by atoms with Gasteiger partial charge < -0.3 is 20.3 Å². The van der Waals surface area contributed by atoms with Crippen LogP contribution in [0.5, 0.6) is 0 Å². The van der Waals surface area contributed by atoms with Gasteiger partial charge in [-0.05, 0) is 94.8 Å². The van der Waals surface area contributed by atoms with E-state index in [0.29, 0.717) is 5.69 Å². The first-order chi connectivity index (χ1) is 18.4. The zero-order chi connectivity index (χ0) is 28.3. The van der Waals surface area contributed by atoms with Crippen molar-refractivity contribution in [3.63, 3.8) is 0 Å². The van der Waals surface area contributed by atoms with Crippen molar-refractivity contribution < 1.29 is 19.1 Å². The molecule has 0 heterocycles. The van der Waals surface area contributed by atoms with Gasteiger partial charge in [0.05, 0.1) is 0 Å². The van der Waals surface area contributed by atoms with Gasteiger partial charge in [-0.15, -0.1) is 0 Å². The van der Waals surface area contributed by atoms with Gasteiger partial charge in [0.2, 0.25) is 5.91 Å². The highest BCUT2D eigenvalue weighted by Crippen LogP contribution is 2.36. The van der Waals surface area contributed by atoms with Crippen LogP contribution in [0.4, 0.5) is 10.5 Å². The summed E-state index contributed by atoms with van der Waals surface area (Å²) in [6.07, 6.45) is 1.92. The molecule has 7 heteroatoms. The summed E-state index contributed by atoms with van der Waals surface area (Å²) in [5, 5.41) is 7.85. The number of anilines is 1. The molecule has 4 rings (SSSR count). The van der Waals surface area contributed by atoms with Crippen molar-refractivity contribution in [2.45, 2.75) is 84.5 Å². The summed E-state index contributed by atoms with van der Waals surface area (Å²) >= 11 is 0. The number of nitrogens with one attached hydrogen (secondary N) is 2. The van der Waals surface area contributed by atoms with E-state index in [1.54, 1.807) is 32.6 Å². The van der Waals surface area contributed by atoms with Gasteiger partial charge >= 0.3 is 6.09 Å². The van der Waals surface area contributed by atoms with Crippen molar-refractivity contribution in [1.82, 2.24) is 10.2 Å². The summed E-state index contributed by atoms with van der Waals surface area (Å²) in [4.78, 5) is 42.3. The number of rotatable bonds is 7. The molecule has 1 fully saturated rings. The lowest BCUT2D eigenvalue weighted by molar-refractivity contribution is -0.145. The first-order valence-corrected chi connectivity index (χ1v) is 13.6. The van der Waals surface area contributed by atoms with Crippen molar-refractivity contribution in [3.05, 3.63) is 77.4 Å². The average Bonchev–Trinajstić information content (AvgIpc) is 2.82. The highest BCUT2D eigenvalue weighted by molar-refractivity contribution is 6.00. The molecular formula is C32H39N3O4. The molecule has 0 spiro atoms. The minimum atomic E-state index is -0.874. The summed E-state index contributed by atoms with van der Waals surface area (Å²) in [5.41, 5.74) is 2.67. The van der Waals surface area contributed by atoms with Crippen LogP contribution in [0.2, 0.25) is 0 Å². The fourth-order valence-corrected chi connectivity index (χ4v) is 4.90. The topological polar surface area (TPSA) is 87.7 Å². The molecule has 1 aliphatic carbocycles. The van der Waals surface area contributed by atoms with Crippen LogP contribution >= 0.6 is 0 Å². The molecule has 1 saturated carbocycles. The first kappa shape index (κ1) is 28.1. The van der Waals surface area contributed by atoms with Crippen molar-refractivity contribution in [2.75, 3.05) is 5.32 Å². The summed E-state index contributed by atoms with van der Waals surface area (Å²) in [6.45, 7) is 10.9. The molecule has 2 atom stereocenters. The van der Waals surface area contributed by atoms with Crippen LogP contribution in [-0.4, -0.2) is 40.5 Å². The fraction of sp³-hybridized carbons (Fsp3) is 0.406. The van der Waals surface area contributed by atoms with Crippen LogP contribution in [0, 0.1) is 13.8 Å². The van der Waals surface area contributed by atoms with E-state index < -0.39 is 23.8 Å². The third kappa shape index (κ3) is 6.77. The minimum Gasteiger partial charge on any atom is -0.444 e. The number of fused-ring (bicyclic) bond motifs is 1. The van der Waals surface area contributed by atoms with Gasteiger partial charge in [0.1, 0.15) is 17.7 Å². The van der Waals surface area contributed by atoms with Gasteiger partial charge in [-0.3, -0.25) is 9.59 Å². The second kappa shape index (κ2) is 11.5. The number of carbonyl (C=O) groups excluding carboxylic acids is 3. The number of alkyl carbamates (subject to hydrolysis) is 1. The Kier molecular flexibility index (Phi) is 8.28. The Hall–Kier alpha value is -3.87. The molecule has 0 aromatic heterocycles.